The van der Waals surface area contributed by atoms with Crippen LogP contribution in [0.3, 0.4) is 0 Å². The maximum absolute atomic E-state index is 4.60. The predicted molar refractivity (Wildman–Crippen MR) is 21.2 cm³/mol. The molecule has 0 aliphatic carbocycles. The first-order chi connectivity index (χ1) is 2.89. The number of hydrogen-bond donors (Lipinski definition) is 0. The Bertz CT molecular complexity index is 118. The van der Waals surface area contributed by atoms with Crippen molar-refractivity contribution in [2.75, 3.05) is 0 Å². The second kappa shape index (κ2) is 5.51. The summed E-state index contributed by atoms with van der Waals surface area (Å²) in [6.07, 6.45) is 3.01. The van der Waals surface area contributed by atoms with Crippen LogP contribution in [-0.4, -0.2) is 4.98 Å². The molecule has 0 aliphatic rings. The second-order valence-electron chi connectivity index (χ2n) is 1.13. The summed E-state index contributed by atoms with van der Waals surface area (Å²) >= 11 is 0. The molecule has 2 radical (unpaired) electrons. The molecular weight excluding hydrogens is 180 g/mol. The van der Waals surface area contributed by atoms with E-state index in [9.17, 15) is 0 Å². The van der Waals surface area contributed by atoms with Gasteiger partial charge in [0.2, 0.25) is 0 Å². The molecule has 42 valence electrons. The van der Waals surface area contributed by atoms with Gasteiger partial charge in [0.05, 0.1) is 5.69 Å². The quantitative estimate of drug-likeness (QED) is 0.601. The van der Waals surface area contributed by atoms with Crippen molar-refractivity contribution in [2.24, 2.45) is 0 Å². The van der Waals surface area contributed by atoms with Crippen LogP contribution in [-0.2, 0) is 37.1 Å². The molecule has 2 nitrogen and oxygen atoms in total. The molecule has 0 N–H and O–H groups in total. The van der Waals surface area contributed by atoms with E-state index < -0.39 is 0 Å². The molecule has 0 aliphatic heterocycles. The summed E-state index contributed by atoms with van der Waals surface area (Å²) in [5, 5.41) is 0. The van der Waals surface area contributed by atoms with Crippen molar-refractivity contribution in [3.63, 3.8) is 0 Å². The van der Waals surface area contributed by atoms with Crippen LogP contribution >= 0.6 is 0 Å². The molecule has 0 atom stereocenters. The van der Waals surface area contributed by atoms with Gasteiger partial charge in [-0.25, -0.2) is 4.98 Å². The predicted octanol–water partition coefficient (Wildman–Crippen LogP) is 0.978. The summed E-state index contributed by atoms with van der Waals surface area (Å²) in [5.74, 6) is 0. The average Bonchev–Trinajstić information content (AvgIpc) is 1.86. The minimum atomic E-state index is 0. The summed E-state index contributed by atoms with van der Waals surface area (Å²) in [7, 11) is 0. The molecule has 1 aromatic heterocycles. The average molecular weight is 185 g/mol. The molecule has 0 aromatic carbocycles. The molecule has 1 rings (SSSR count). The molecule has 0 fully saturated rings. The topological polar surface area (TPSA) is 26.0 Å². The Labute approximate surface area is 71.8 Å². The number of hydrogen-bond acceptors (Lipinski definition) is 2. The fraction of sp³-hybridized carbons (Fsp3) is 0.250. The molecule has 0 saturated heterocycles. The Morgan fingerprint density at radius 3 is 2.25 bits per heavy atom. The molecule has 0 amide bonds. The maximum atomic E-state index is 4.60. The first-order valence-corrected chi connectivity index (χ1v) is 1.74. The Balaban J connectivity index is 0. The Morgan fingerprint density at radius 1 is 1.50 bits per heavy atom. The van der Waals surface area contributed by atoms with Gasteiger partial charge in [0.1, 0.15) is 6.26 Å². The fourth-order valence-electron chi connectivity index (χ4n) is 0.273. The summed E-state index contributed by atoms with van der Waals surface area (Å²) in [4.78, 5) is 3.75. The standard InChI is InChI=1S/C4H5NO.2V/c1-4-2-6-3-5-4;;/h2-3H,1H3;;. The number of oxazole rings is 1. The summed E-state index contributed by atoms with van der Waals surface area (Å²) in [6, 6.07) is 0. The third-order valence-corrected chi connectivity index (χ3v) is 0.556. The van der Waals surface area contributed by atoms with E-state index >= 15 is 0 Å². The maximum Gasteiger partial charge on any atom is 0.180 e. The molecule has 0 saturated carbocycles. The Kier molecular flexibility index (Phi) is 7.73. The zero-order valence-electron chi connectivity index (χ0n) is 4.40. The van der Waals surface area contributed by atoms with Gasteiger partial charge in [-0.15, -0.1) is 0 Å². The number of aryl methyl sites for hydroxylation is 1. The van der Waals surface area contributed by atoms with Crippen molar-refractivity contribution in [2.45, 2.75) is 6.92 Å². The molecule has 0 unspecified atom stereocenters. The van der Waals surface area contributed by atoms with Crippen LogP contribution in [0.4, 0.5) is 0 Å². The van der Waals surface area contributed by atoms with Gasteiger partial charge in [-0.1, -0.05) is 0 Å². The molecule has 1 aromatic rings. The van der Waals surface area contributed by atoms with E-state index in [1.54, 1.807) is 6.26 Å². The Hall–Kier alpha value is 0.379. The van der Waals surface area contributed by atoms with E-state index in [2.05, 4.69) is 9.40 Å². The van der Waals surface area contributed by atoms with E-state index in [0.717, 1.165) is 5.69 Å². The van der Waals surface area contributed by atoms with Gasteiger partial charge >= 0.3 is 0 Å². The van der Waals surface area contributed by atoms with Gasteiger partial charge in [0, 0.05) is 37.1 Å². The summed E-state index contributed by atoms with van der Waals surface area (Å²) in [6.45, 7) is 1.88. The van der Waals surface area contributed by atoms with Crippen LogP contribution in [0.15, 0.2) is 17.1 Å². The van der Waals surface area contributed by atoms with Gasteiger partial charge in [-0.2, -0.15) is 0 Å². The largest absolute Gasteiger partial charge is 0.452 e. The monoisotopic (exact) mass is 185 g/mol. The first-order valence-electron chi connectivity index (χ1n) is 1.74. The smallest absolute Gasteiger partial charge is 0.180 e. The first kappa shape index (κ1) is 11.2. The Morgan fingerprint density at radius 2 is 2.12 bits per heavy atom. The van der Waals surface area contributed by atoms with Gasteiger partial charge in [0.15, 0.2) is 6.39 Å². The summed E-state index contributed by atoms with van der Waals surface area (Å²) < 4.78 is 4.60. The zero-order valence-corrected chi connectivity index (χ0v) is 7.20. The summed E-state index contributed by atoms with van der Waals surface area (Å²) in [5.41, 5.74) is 0.926. The zero-order chi connectivity index (χ0) is 4.41. The molecular formula is C4H5NOV2. The van der Waals surface area contributed by atoms with Crippen LogP contribution in [0.2, 0.25) is 0 Å². The van der Waals surface area contributed by atoms with Crippen molar-refractivity contribution in [3.8, 4) is 0 Å². The van der Waals surface area contributed by atoms with E-state index in [0.29, 0.717) is 0 Å². The van der Waals surface area contributed by atoms with E-state index in [1.807, 2.05) is 6.92 Å². The van der Waals surface area contributed by atoms with E-state index in [-0.39, 0.29) is 37.1 Å². The molecule has 0 spiro atoms. The van der Waals surface area contributed by atoms with Gasteiger partial charge in [-0.3, -0.25) is 0 Å². The SMILES string of the molecule is Cc1cocn1.[V].[V]. The normalized spacial score (nSPS) is 6.62. The van der Waals surface area contributed by atoms with E-state index in [1.165, 1.54) is 6.39 Å². The van der Waals surface area contributed by atoms with Crippen molar-refractivity contribution in [1.82, 2.24) is 4.98 Å². The van der Waals surface area contributed by atoms with Crippen LogP contribution in [0, 0.1) is 6.92 Å². The van der Waals surface area contributed by atoms with Gasteiger partial charge < -0.3 is 4.42 Å². The van der Waals surface area contributed by atoms with Crippen LogP contribution in [0.25, 0.3) is 0 Å². The van der Waals surface area contributed by atoms with Crippen LogP contribution < -0.4 is 0 Å². The van der Waals surface area contributed by atoms with Crippen molar-refractivity contribution in [1.29, 1.82) is 0 Å². The molecule has 1 heterocycles. The minimum Gasteiger partial charge on any atom is -0.452 e. The molecule has 8 heavy (non-hydrogen) atoms. The van der Waals surface area contributed by atoms with Gasteiger partial charge in [0.25, 0.3) is 0 Å². The van der Waals surface area contributed by atoms with Crippen molar-refractivity contribution < 1.29 is 41.5 Å². The fourth-order valence-corrected chi connectivity index (χ4v) is 0.273. The number of nitrogens with zero attached hydrogens (tertiary/aromatic N) is 1. The van der Waals surface area contributed by atoms with Crippen molar-refractivity contribution in [3.05, 3.63) is 18.4 Å². The second-order valence-corrected chi connectivity index (χ2v) is 1.13. The van der Waals surface area contributed by atoms with Gasteiger partial charge in [-0.05, 0) is 6.92 Å². The number of aromatic nitrogens is 1. The third kappa shape index (κ3) is 3.39. The molecule has 4 heteroatoms. The van der Waals surface area contributed by atoms with E-state index in [4.69, 9.17) is 0 Å². The number of rotatable bonds is 0. The van der Waals surface area contributed by atoms with Crippen molar-refractivity contribution >= 4 is 0 Å². The minimum absolute atomic E-state index is 0. The van der Waals surface area contributed by atoms with Crippen LogP contribution in [0.5, 0.6) is 0 Å². The van der Waals surface area contributed by atoms with Crippen LogP contribution in [0.1, 0.15) is 5.69 Å². The molecule has 0 bridgehead atoms. The third-order valence-electron chi connectivity index (χ3n) is 0.556.